The number of methoxy groups -OCH3 is 2. The highest BCUT2D eigenvalue weighted by Crippen LogP contribution is 2.47. The molecule has 0 radical (unpaired) electrons. The second-order valence-corrected chi connectivity index (χ2v) is 7.83. The number of hydrogen-bond donors (Lipinski definition) is 3. The molecule has 0 saturated heterocycles. The Bertz CT molecular complexity index is 1030. The summed E-state index contributed by atoms with van der Waals surface area (Å²) in [6, 6.07) is 8.11. The van der Waals surface area contributed by atoms with E-state index in [1.807, 2.05) is 0 Å². The summed E-state index contributed by atoms with van der Waals surface area (Å²) >= 11 is 0. The van der Waals surface area contributed by atoms with Crippen molar-refractivity contribution in [3.8, 4) is 23.0 Å². The number of aliphatic carboxylic acids is 1. The van der Waals surface area contributed by atoms with E-state index in [2.05, 4.69) is 0 Å². The molecule has 0 unspecified atom stereocenters. The van der Waals surface area contributed by atoms with Gasteiger partial charge in [0, 0.05) is 17.5 Å². The SMILES string of the molecule is COc1cc(OC)c([C@@H]2CCCC[C@H]2O)c(O)c1C(=O)/C=C\c1ccc(OCC(=O)O)cc1. The topological polar surface area (TPSA) is 123 Å². The first kappa shape index (κ1) is 24.1. The van der Waals surface area contributed by atoms with Crippen molar-refractivity contribution in [2.75, 3.05) is 20.8 Å². The molecule has 176 valence electrons. The van der Waals surface area contributed by atoms with Crippen molar-refractivity contribution in [3.05, 3.63) is 53.1 Å². The predicted molar refractivity (Wildman–Crippen MR) is 121 cm³/mol. The van der Waals surface area contributed by atoms with Gasteiger partial charge in [-0.15, -0.1) is 0 Å². The van der Waals surface area contributed by atoms with Crippen LogP contribution in [0.2, 0.25) is 0 Å². The number of ether oxygens (including phenoxy) is 3. The van der Waals surface area contributed by atoms with Crippen LogP contribution in [0.15, 0.2) is 36.4 Å². The van der Waals surface area contributed by atoms with Crippen molar-refractivity contribution in [1.82, 2.24) is 0 Å². The van der Waals surface area contributed by atoms with Crippen LogP contribution < -0.4 is 14.2 Å². The maximum atomic E-state index is 13.1. The summed E-state index contributed by atoms with van der Waals surface area (Å²) in [7, 11) is 2.87. The zero-order valence-corrected chi connectivity index (χ0v) is 18.6. The minimum Gasteiger partial charge on any atom is -0.507 e. The average molecular weight is 456 g/mol. The molecule has 1 fully saturated rings. The Kier molecular flexibility index (Phi) is 7.95. The fourth-order valence-corrected chi connectivity index (χ4v) is 4.09. The Balaban J connectivity index is 1.90. The number of rotatable bonds is 9. The van der Waals surface area contributed by atoms with Gasteiger partial charge in [-0.25, -0.2) is 4.79 Å². The number of carboxylic acid groups (broad SMARTS) is 1. The largest absolute Gasteiger partial charge is 0.507 e. The van der Waals surface area contributed by atoms with Crippen LogP contribution in [0.3, 0.4) is 0 Å². The quantitative estimate of drug-likeness (QED) is 0.385. The van der Waals surface area contributed by atoms with Crippen LogP contribution in [0.4, 0.5) is 0 Å². The Morgan fingerprint density at radius 3 is 2.33 bits per heavy atom. The highest BCUT2D eigenvalue weighted by Gasteiger charge is 2.33. The monoisotopic (exact) mass is 456 g/mol. The van der Waals surface area contributed by atoms with Gasteiger partial charge in [0.25, 0.3) is 0 Å². The van der Waals surface area contributed by atoms with E-state index in [4.69, 9.17) is 19.3 Å². The Hall–Kier alpha value is -3.52. The normalized spacial score (nSPS) is 18.2. The van der Waals surface area contributed by atoms with Crippen LogP contribution in [0.25, 0.3) is 6.08 Å². The van der Waals surface area contributed by atoms with Crippen LogP contribution in [0.1, 0.15) is 53.1 Å². The minimum atomic E-state index is -1.07. The van der Waals surface area contributed by atoms with Gasteiger partial charge in [0.15, 0.2) is 12.4 Å². The number of carbonyl (C=O) groups excluding carboxylic acids is 1. The van der Waals surface area contributed by atoms with Crippen molar-refractivity contribution in [3.63, 3.8) is 0 Å². The molecule has 3 rings (SSSR count). The van der Waals surface area contributed by atoms with Crippen LogP contribution in [0, 0.1) is 0 Å². The summed E-state index contributed by atoms with van der Waals surface area (Å²) in [6.45, 7) is -0.442. The van der Waals surface area contributed by atoms with E-state index in [9.17, 15) is 19.8 Å². The molecule has 1 saturated carbocycles. The summed E-state index contributed by atoms with van der Waals surface area (Å²) in [5.41, 5.74) is 1.10. The number of carboxylic acids is 1. The molecular weight excluding hydrogens is 428 g/mol. The minimum absolute atomic E-state index is 0.00346. The molecule has 0 spiro atoms. The van der Waals surface area contributed by atoms with E-state index in [0.717, 1.165) is 12.8 Å². The molecule has 0 aliphatic heterocycles. The van der Waals surface area contributed by atoms with Crippen LogP contribution in [-0.2, 0) is 4.79 Å². The van der Waals surface area contributed by atoms with Crippen LogP contribution >= 0.6 is 0 Å². The highest BCUT2D eigenvalue weighted by atomic mass is 16.5. The molecule has 2 aromatic carbocycles. The average Bonchev–Trinajstić information content (AvgIpc) is 2.81. The second-order valence-electron chi connectivity index (χ2n) is 7.83. The molecular formula is C25H28O8. The molecule has 0 amide bonds. The van der Waals surface area contributed by atoms with E-state index in [0.29, 0.717) is 35.5 Å². The van der Waals surface area contributed by atoms with Gasteiger partial charge in [-0.2, -0.15) is 0 Å². The lowest BCUT2D eigenvalue weighted by Gasteiger charge is -2.30. The smallest absolute Gasteiger partial charge is 0.341 e. The van der Waals surface area contributed by atoms with Crippen LogP contribution in [0.5, 0.6) is 23.0 Å². The number of ketones is 1. The third kappa shape index (κ3) is 5.64. The van der Waals surface area contributed by atoms with Gasteiger partial charge >= 0.3 is 5.97 Å². The number of aliphatic hydroxyl groups excluding tert-OH is 1. The third-order valence-corrected chi connectivity index (χ3v) is 5.72. The summed E-state index contributed by atoms with van der Waals surface area (Å²) < 4.78 is 15.9. The van der Waals surface area contributed by atoms with Crippen molar-refractivity contribution < 1.29 is 39.1 Å². The van der Waals surface area contributed by atoms with Gasteiger partial charge in [-0.3, -0.25) is 4.79 Å². The number of aliphatic hydroxyl groups is 1. The van der Waals surface area contributed by atoms with Crippen LogP contribution in [-0.4, -0.2) is 54.0 Å². The Morgan fingerprint density at radius 1 is 1.06 bits per heavy atom. The maximum absolute atomic E-state index is 13.1. The lowest BCUT2D eigenvalue weighted by atomic mass is 9.80. The van der Waals surface area contributed by atoms with E-state index in [1.165, 1.54) is 20.3 Å². The molecule has 2 atom stereocenters. The Morgan fingerprint density at radius 2 is 1.73 bits per heavy atom. The van der Waals surface area contributed by atoms with E-state index >= 15 is 0 Å². The first-order chi connectivity index (χ1) is 15.8. The van der Waals surface area contributed by atoms with E-state index in [1.54, 1.807) is 36.4 Å². The molecule has 33 heavy (non-hydrogen) atoms. The van der Waals surface area contributed by atoms with Gasteiger partial charge in [-0.05, 0) is 36.6 Å². The maximum Gasteiger partial charge on any atom is 0.341 e. The fourth-order valence-electron chi connectivity index (χ4n) is 4.09. The highest BCUT2D eigenvalue weighted by molar-refractivity contribution is 6.11. The summed E-state index contributed by atoms with van der Waals surface area (Å²) in [6.07, 6.45) is 5.37. The number of allylic oxidation sites excluding steroid dienone is 1. The first-order valence-corrected chi connectivity index (χ1v) is 10.7. The van der Waals surface area contributed by atoms with E-state index in [-0.39, 0.29) is 23.0 Å². The summed E-state index contributed by atoms with van der Waals surface area (Å²) in [5.74, 6) is -1.19. The van der Waals surface area contributed by atoms with E-state index < -0.39 is 24.5 Å². The van der Waals surface area contributed by atoms with Gasteiger partial charge in [-0.1, -0.05) is 31.1 Å². The Labute approximate surface area is 192 Å². The third-order valence-electron chi connectivity index (χ3n) is 5.72. The van der Waals surface area contributed by atoms with Gasteiger partial charge in [0.2, 0.25) is 0 Å². The number of phenols is 1. The molecule has 8 heteroatoms. The molecule has 1 aliphatic rings. The molecule has 8 nitrogen and oxygen atoms in total. The molecule has 3 N–H and O–H groups in total. The summed E-state index contributed by atoms with van der Waals surface area (Å²) in [4.78, 5) is 23.6. The standard InChI is InChI=1S/C25H28O8/c1-31-20-13-21(32-2)24(25(30)23(20)17-5-3-4-6-18(17)26)19(27)12-9-15-7-10-16(11-8-15)33-14-22(28)29/h7-13,17-18,26,30H,3-6,14H2,1-2H3,(H,28,29)/b12-9-/t17-,18-/m1/s1. The number of aromatic hydroxyl groups is 1. The second kappa shape index (κ2) is 10.9. The number of phenolic OH excluding ortho intramolecular Hbond substituents is 1. The van der Waals surface area contributed by atoms with Gasteiger partial charge < -0.3 is 29.5 Å². The molecule has 0 bridgehead atoms. The predicted octanol–water partition coefficient (Wildman–Crippen LogP) is 3.79. The van der Waals surface area contributed by atoms with Crippen molar-refractivity contribution in [2.24, 2.45) is 0 Å². The lowest BCUT2D eigenvalue weighted by molar-refractivity contribution is -0.139. The number of benzene rings is 2. The number of carbonyl (C=O) groups is 2. The first-order valence-electron chi connectivity index (χ1n) is 10.7. The zero-order valence-electron chi connectivity index (χ0n) is 18.6. The van der Waals surface area contributed by atoms with Gasteiger partial charge in [0.1, 0.15) is 28.6 Å². The zero-order chi connectivity index (χ0) is 24.0. The fraction of sp³-hybridized carbons (Fsp3) is 0.360. The molecule has 0 heterocycles. The van der Waals surface area contributed by atoms with Gasteiger partial charge in [0.05, 0.1) is 20.3 Å². The molecule has 0 aromatic heterocycles. The van der Waals surface area contributed by atoms with Crippen molar-refractivity contribution in [2.45, 2.75) is 37.7 Å². The lowest BCUT2D eigenvalue weighted by Crippen LogP contribution is -2.23. The van der Waals surface area contributed by atoms with Crippen molar-refractivity contribution in [1.29, 1.82) is 0 Å². The molecule has 1 aliphatic carbocycles. The molecule has 2 aromatic rings. The number of hydrogen-bond acceptors (Lipinski definition) is 7. The van der Waals surface area contributed by atoms with Crippen molar-refractivity contribution >= 4 is 17.8 Å². The summed E-state index contributed by atoms with van der Waals surface area (Å²) in [5, 5.41) is 30.3.